The summed E-state index contributed by atoms with van der Waals surface area (Å²) in [4.78, 5) is 35.5. The lowest BCUT2D eigenvalue weighted by atomic mass is 9.96. The van der Waals surface area contributed by atoms with Gasteiger partial charge < -0.3 is 26.6 Å². The van der Waals surface area contributed by atoms with Gasteiger partial charge in [0.15, 0.2) is 6.04 Å². The van der Waals surface area contributed by atoms with Crippen LogP contribution in [0.15, 0.2) is 0 Å². The number of carbonyl (C=O) groups is 3. The van der Waals surface area contributed by atoms with E-state index in [0.717, 1.165) is 0 Å². The average molecular weight is 331 g/mol. The minimum atomic E-state index is -1.44. The smallest absolute Gasteiger partial charge is 0.328 e. The van der Waals surface area contributed by atoms with Crippen LogP contribution in [-0.2, 0) is 14.4 Å². The average Bonchev–Trinajstić information content (AvgIpc) is 2.47. The van der Waals surface area contributed by atoms with Crippen LogP contribution in [-0.4, -0.2) is 52.2 Å². The summed E-state index contributed by atoms with van der Waals surface area (Å²) in [5.74, 6) is -2.79. The molecule has 0 bridgehead atoms. The number of aliphatic carboxylic acids is 1. The van der Waals surface area contributed by atoms with Gasteiger partial charge in [-0.2, -0.15) is 0 Å². The van der Waals surface area contributed by atoms with Gasteiger partial charge in [0.25, 0.3) is 0 Å². The highest BCUT2D eigenvalue weighted by atomic mass is 16.4. The number of carboxylic acids is 1. The zero-order chi connectivity index (χ0) is 18.3. The number of aliphatic hydroxyl groups is 1. The van der Waals surface area contributed by atoms with E-state index in [1.54, 1.807) is 20.8 Å². The summed E-state index contributed by atoms with van der Waals surface area (Å²) in [6.07, 6.45) is -0.663. The summed E-state index contributed by atoms with van der Waals surface area (Å²) < 4.78 is 0. The molecule has 2 amide bonds. The lowest BCUT2D eigenvalue weighted by Crippen LogP contribution is -2.58. The Morgan fingerprint density at radius 2 is 1.48 bits per heavy atom. The maximum Gasteiger partial charge on any atom is 0.328 e. The first kappa shape index (κ1) is 21.3. The van der Waals surface area contributed by atoms with Crippen molar-refractivity contribution in [2.24, 2.45) is 17.6 Å². The van der Waals surface area contributed by atoms with Crippen LogP contribution in [0, 0.1) is 11.8 Å². The van der Waals surface area contributed by atoms with Gasteiger partial charge in [0, 0.05) is 0 Å². The molecular weight excluding hydrogens is 302 g/mol. The second-order valence-electron chi connectivity index (χ2n) is 6.21. The first-order valence-electron chi connectivity index (χ1n) is 7.80. The summed E-state index contributed by atoms with van der Waals surface area (Å²) in [6.45, 7) is 8.46. The third kappa shape index (κ3) is 6.54. The molecule has 6 N–H and O–H groups in total. The van der Waals surface area contributed by atoms with Crippen LogP contribution < -0.4 is 16.4 Å². The molecule has 5 atom stereocenters. The Kier molecular flexibility index (Phi) is 8.78. The number of carbonyl (C=O) groups excluding carboxylic acids is 2. The van der Waals surface area contributed by atoms with Crippen LogP contribution >= 0.6 is 0 Å². The second-order valence-corrected chi connectivity index (χ2v) is 6.21. The standard InChI is InChI=1S/C15H29N3O5/c1-6-8(4)11(17-13(20)10(16)7(2)3)14(21)18-12(9(5)19)15(22)23/h7-12,19H,6,16H2,1-5H3,(H,17,20)(H,18,21)(H,22,23). The van der Waals surface area contributed by atoms with E-state index in [2.05, 4.69) is 10.6 Å². The summed E-state index contributed by atoms with van der Waals surface area (Å²) in [5, 5.41) is 23.3. The van der Waals surface area contributed by atoms with Crippen molar-refractivity contribution in [1.29, 1.82) is 0 Å². The molecule has 0 aliphatic heterocycles. The molecule has 0 aliphatic rings. The zero-order valence-electron chi connectivity index (χ0n) is 14.4. The van der Waals surface area contributed by atoms with Gasteiger partial charge in [-0.3, -0.25) is 9.59 Å². The second kappa shape index (κ2) is 9.46. The van der Waals surface area contributed by atoms with Crippen molar-refractivity contribution in [3.05, 3.63) is 0 Å². The van der Waals surface area contributed by atoms with Gasteiger partial charge in [0.05, 0.1) is 12.1 Å². The van der Waals surface area contributed by atoms with Crippen molar-refractivity contribution in [1.82, 2.24) is 10.6 Å². The minimum Gasteiger partial charge on any atom is -0.480 e. The molecule has 5 unspecified atom stereocenters. The number of aliphatic hydroxyl groups excluding tert-OH is 1. The van der Waals surface area contributed by atoms with Crippen molar-refractivity contribution in [2.45, 2.75) is 65.3 Å². The highest BCUT2D eigenvalue weighted by Crippen LogP contribution is 2.10. The Bertz CT molecular complexity index is 425. The molecule has 23 heavy (non-hydrogen) atoms. The minimum absolute atomic E-state index is 0.0973. The molecule has 0 aliphatic carbocycles. The quantitative estimate of drug-likeness (QED) is 0.384. The summed E-state index contributed by atoms with van der Waals surface area (Å²) >= 11 is 0. The first-order chi connectivity index (χ1) is 10.5. The maximum atomic E-state index is 12.3. The zero-order valence-corrected chi connectivity index (χ0v) is 14.4. The molecule has 0 heterocycles. The highest BCUT2D eigenvalue weighted by Gasteiger charge is 2.32. The van der Waals surface area contributed by atoms with E-state index in [1.165, 1.54) is 6.92 Å². The van der Waals surface area contributed by atoms with E-state index in [4.69, 9.17) is 10.8 Å². The van der Waals surface area contributed by atoms with Gasteiger partial charge in [0.1, 0.15) is 6.04 Å². The lowest BCUT2D eigenvalue weighted by Gasteiger charge is -2.27. The van der Waals surface area contributed by atoms with Crippen molar-refractivity contribution >= 4 is 17.8 Å². The molecular formula is C15H29N3O5. The van der Waals surface area contributed by atoms with Crippen molar-refractivity contribution < 1.29 is 24.6 Å². The molecule has 134 valence electrons. The van der Waals surface area contributed by atoms with Gasteiger partial charge in [-0.15, -0.1) is 0 Å². The number of nitrogens with two attached hydrogens (primary N) is 1. The Morgan fingerprint density at radius 3 is 1.83 bits per heavy atom. The third-order valence-corrected chi connectivity index (χ3v) is 3.86. The lowest BCUT2D eigenvalue weighted by molar-refractivity contribution is -0.145. The largest absolute Gasteiger partial charge is 0.480 e. The Morgan fingerprint density at radius 1 is 1.00 bits per heavy atom. The van der Waals surface area contributed by atoms with Gasteiger partial charge in [-0.05, 0) is 18.8 Å². The number of hydrogen-bond donors (Lipinski definition) is 5. The molecule has 0 aromatic heterocycles. The number of hydrogen-bond acceptors (Lipinski definition) is 5. The highest BCUT2D eigenvalue weighted by molar-refractivity contribution is 5.92. The van der Waals surface area contributed by atoms with Crippen molar-refractivity contribution in [3.63, 3.8) is 0 Å². The van der Waals surface area contributed by atoms with E-state index < -0.39 is 42.0 Å². The summed E-state index contributed by atoms with van der Waals surface area (Å²) in [6, 6.07) is -3.12. The van der Waals surface area contributed by atoms with E-state index >= 15 is 0 Å². The normalized spacial score (nSPS) is 17.7. The molecule has 0 aromatic carbocycles. The Labute approximate surface area is 136 Å². The van der Waals surface area contributed by atoms with Crippen LogP contribution in [0.1, 0.15) is 41.0 Å². The molecule has 0 spiro atoms. The molecule has 0 rings (SSSR count). The van der Waals surface area contributed by atoms with Crippen molar-refractivity contribution in [3.8, 4) is 0 Å². The third-order valence-electron chi connectivity index (χ3n) is 3.86. The van der Waals surface area contributed by atoms with E-state index in [1.807, 2.05) is 6.92 Å². The molecule has 0 radical (unpaired) electrons. The monoisotopic (exact) mass is 331 g/mol. The fourth-order valence-electron chi connectivity index (χ4n) is 1.89. The number of amides is 2. The van der Waals surface area contributed by atoms with E-state index in [9.17, 15) is 19.5 Å². The van der Waals surface area contributed by atoms with Crippen LogP contribution in [0.2, 0.25) is 0 Å². The van der Waals surface area contributed by atoms with Crippen LogP contribution in [0.4, 0.5) is 0 Å². The Hall–Kier alpha value is -1.67. The first-order valence-corrected chi connectivity index (χ1v) is 7.80. The summed E-state index contributed by atoms with van der Waals surface area (Å²) in [5.41, 5.74) is 5.77. The van der Waals surface area contributed by atoms with Crippen molar-refractivity contribution in [2.75, 3.05) is 0 Å². The SMILES string of the molecule is CCC(C)C(NC(=O)C(N)C(C)C)C(=O)NC(C(=O)O)C(C)O. The molecule has 8 nitrogen and oxygen atoms in total. The number of rotatable bonds is 9. The van der Waals surface area contributed by atoms with Crippen LogP contribution in [0.5, 0.6) is 0 Å². The Balaban J connectivity index is 5.14. The molecule has 0 saturated carbocycles. The van der Waals surface area contributed by atoms with Gasteiger partial charge in [0.2, 0.25) is 11.8 Å². The van der Waals surface area contributed by atoms with Crippen LogP contribution in [0.3, 0.4) is 0 Å². The van der Waals surface area contributed by atoms with E-state index in [0.29, 0.717) is 6.42 Å². The number of nitrogens with one attached hydrogen (secondary N) is 2. The summed E-state index contributed by atoms with van der Waals surface area (Å²) in [7, 11) is 0. The van der Waals surface area contributed by atoms with Gasteiger partial charge >= 0.3 is 5.97 Å². The molecule has 0 aromatic rings. The molecule has 0 saturated heterocycles. The predicted octanol–water partition coefficient (Wildman–Crippen LogP) is -0.549. The topological polar surface area (TPSA) is 142 Å². The molecule has 8 heteroatoms. The molecule has 0 fully saturated rings. The van der Waals surface area contributed by atoms with Gasteiger partial charge in [-0.25, -0.2) is 4.79 Å². The fraction of sp³-hybridized carbons (Fsp3) is 0.800. The number of carboxylic acid groups (broad SMARTS) is 1. The fourth-order valence-corrected chi connectivity index (χ4v) is 1.89. The van der Waals surface area contributed by atoms with Crippen LogP contribution in [0.25, 0.3) is 0 Å². The van der Waals surface area contributed by atoms with Gasteiger partial charge in [-0.1, -0.05) is 34.1 Å². The maximum absolute atomic E-state index is 12.3. The predicted molar refractivity (Wildman–Crippen MR) is 85.4 cm³/mol. The van der Waals surface area contributed by atoms with E-state index in [-0.39, 0.29) is 11.8 Å².